The van der Waals surface area contributed by atoms with Crippen molar-refractivity contribution < 1.29 is 9.53 Å². The molecule has 1 amide bonds. The largest absolute Gasteiger partial charge is 0.492 e. The standard InChI is InChI=1S/C25H21BrClN3O2/c26-18-4-3-5-20(15-18)30-16-17(14-24(30)31)25-28-22-6-1-2-7-23(22)29(25)12-13-32-21-10-8-19(27)9-11-21/h1-11,15,17H,12-14,16H2. The Hall–Kier alpha value is -2.83. The van der Waals surface area contributed by atoms with Gasteiger partial charge in [0.25, 0.3) is 0 Å². The van der Waals surface area contributed by atoms with Crippen molar-refractivity contribution in [2.24, 2.45) is 0 Å². The van der Waals surface area contributed by atoms with E-state index in [1.165, 1.54) is 0 Å². The van der Waals surface area contributed by atoms with Crippen LogP contribution in [0.1, 0.15) is 18.2 Å². The Kier molecular flexibility index (Phi) is 5.89. The lowest BCUT2D eigenvalue weighted by Gasteiger charge is -2.18. The van der Waals surface area contributed by atoms with Crippen molar-refractivity contribution in [1.29, 1.82) is 0 Å². The molecule has 7 heteroatoms. The Morgan fingerprint density at radius 1 is 1.06 bits per heavy atom. The van der Waals surface area contributed by atoms with Gasteiger partial charge in [0.15, 0.2) is 0 Å². The number of benzene rings is 3. The molecule has 0 N–H and O–H groups in total. The average molecular weight is 511 g/mol. The van der Waals surface area contributed by atoms with E-state index in [4.69, 9.17) is 21.3 Å². The van der Waals surface area contributed by atoms with E-state index in [9.17, 15) is 4.79 Å². The predicted molar refractivity (Wildman–Crippen MR) is 131 cm³/mol. The van der Waals surface area contributed by atoms with Crippen molar-refractivity contribution in [1.82, 2.24) is 9.55 Å². The second kappa shape index (κ2) is 8.96. The number of nitrogens with zero attached hydrogens (tertiary/aromatic N) is 3. The molecule has 0 saturated carbocycles. The van der Waals surface area contributed by atoms with Crippen LogP contribution in [0.2, 0.25) is 5.02 Å². The van der Waals surface area contributed by atoms with Crippen LogP contribution in [0.3, 0.4) is 0 Å². The summed E-state index contributed by atoms with van der Waals surface area (Å²) in [7, 11) is 0. The number of amides is 1. The van der Waals surface area contributed by atoms with Crippen molar-refractivity contribution in [2.45, 2.75) is 18.9 Å². The molecule has 1 atom stereocenters. The molecule has 1 fully saturated rings. The molecule has 5 nitrogen and oxygen atoms in total. The van der Waals surface area contributed by atoms with Gasteiger partial charge in [-0.25, -0.2) is 4.98 Å². The SMILES string of the molecule is O=C1CC(c2nc3ccccc3n2CCOc2ccc(Cl)cc2)CN1c1cccc(Br)c1. The van der Waals surface area contributed by atoms with Gasteiger partial charge < -0.3 is 14.2 Å². The van der Waals surface area contributed by atoms with E-state index in [0.29, 0.717) is 31.1 Å². The van der Waals surface area contributed by atoms with E-state index in [1.807, 2.05) is 71.6 Å². The minimum Gasteiger partial charge on any atom is -0.492 e. The number of hydrogen-bond acceptors (Lipinski definition) is 3. The third-order valence-electron chi connectivity index (χ3n) is 5.69. The first kappa shape index (κ1) is 21.0. The lowest BCUT2D eigenvalue weighted by atomic mass is 10.1. The molecule has 3 aromatic carbocycles. The molecule has 162 valence electrons. The molecule has 0 aliphatic carbocycles. The summed E-state index contributed by atoms with van der Waals surface area (Å²) in [5, 5.41) is 0.682. The molecule has 1 aliphatic heterocycles. The van der Waals surface area contributed by atoms with Crippen LogP contribution in [0.5, 0.6) is 5.75 Å². The van der Waals surface area contributed by atoms with Gasteiger partial charge in [-0.1, -0.05) is 45.7 Å². The maximum absolute atomic E-state index is 12.9. The number of ether oxygens (including phenoxy) is 1. The second-order valence-corrected chi connectivity index (χ2v) is 9.15. The van der Waals surface area contributed by atoms with E-state index in [0.717, 1.165) is 32.8 Å². The van der Waals surface area contributed by atoms with Gasteiger partial charge in [-0.3, -0.25) is 4.79 Å². The summed E-state index contributed by atoms with van der Waals surface area (Å²) in [5.74, 6) is 1.84. The topological polar surface area (TPSA) is 47.4 Å². The molecule has 1 aliphatic rings. The van der Waals surface area contributed by atoms with Gasteiger partial charge in [0, 0.05) is 34.1 Å². The fraction of sp³-hybridized carbons (Fsp3) is 0.200. The second-order valence-electron chi connectivity index (χ2n) is 7.80. The Morgan fingerprint density at radius 2 is 1.88 bits per heavy atom. The number of para-hydroxylation sites is 2. The molecule has 1 saturated heterocycles. The van der Waals surface area contributed by atoms with Gasteiger partial charge in [-0.2, -0.15) is 0 Å². The van der Waals surface area contributed by atoms with E-state index in [2.05, 4.69) is 26.6 Å². The van der Waals surface area contributed by atoms with Gasteiger partial charge in [0.05, 0.1) is 17.6 Å². The Balaban J connectivity index is 1.40. The summed E-state index contributed by atoms with van der Waals surface area (Å²) in [6.07, 6.45) is 0.438. The normalized spacial score (nSPS) is 16.1. The number of carbonyl (C=O) groups excluding carboxylic acids is 1. The maximum Gasteiger partial charge on any atom is 0.227 e. The Bertz CT molecular complexity index is 1270. The molecule has 1 aromatic heterocycles. The summed E-state index contributed by atoms with van der Waals surface area (Å²) in [5.41, 5.74) is 2.89. The summed E-state index contributed by atoms with van der Waals surface area (Å²) < 4.78 is 9.08. The first-order valence-corrected chi connectivity index (χ1v) is 11.6. The number of hydrogen-bond donors (Lipinski definition) is 0. The summed E-state index contributed by atoms with van der Waals surface area (Å²) in [6.45, 7) is 1.74. The number of rotatable bonds is 6. The minimum atomic E-state index is 0.0180. The van der Waals surface area contributed by atoms with Crippen LogP contribution in [-0.2, 0) is 11.3 Å². The molecule has 1 unspecified atom stereocenters. The molecular weight excluding hydrogens is 490 g/mol. The molecule has 32 heavy (non-hydrogen) atoms. The molecule has 0 bridgehead atoms. The highest BCUT2D eigenvalue weighted by atomic mass is 79.9. The Labute approximate surface area is 199 Å². The molecule has 0 spiro atoms. The third-order valence-corrected chi connectivity index (χ3v) is 6.44. The highest BCUT2D eigenvalue weighted by Gasteiger charge is 2.34. The smallest absolute Gasteiger partial charge is 0.227 e. The van der Waals surface area contributed by atoms with Crippen molar-refractivity contribution >= 4 is 50.2 Å². The zero-order chi connectivity index (χ0) is 22.1. The summed E-state index contributed by atoms with van der Waals surface area (Å²) in [6, 6.07) is 23.3. The van der Waals surface area contributed by atoms with Crippen LogP contribution in [0.25, 0.3) is 11.0 Å². The summed E-state index contributed by atoms with van der Waals surface area (Å²) >= 11 is 9.46. The van der Waals surface area contributed by atoms with Crippen LogP contribution >= 0.6 is 27.5 Å². The van der Waals surface area contributed by atoms with Crippen LogP contribution < -0.4 is 9.64 Å². The average Bonchev–Trinajstić information content (AvgIpc) is 3.36. The minimum absolute atomic E-state index is 0.0180. The van der Waals surface area contributed by atoms with E-state index in [-0.39, 0.29) is 11.8 Å². The van der Waals surface area contributed by atoms with Crippen LogP contribution in [-0.4, -0.2) is 28.6 Å². The molecule has 2 heterocycles. The van der Waals surface area contributed by atoms with E-state index in [1.54, 1.807) is 0 Å². The number of anilines is 1. The van der Waals surface area contributed by atoms with Crippen molar-refractivity contribution in [2.75, 3.05) is 18.1 Å². The molecule has 4 aromatic rings. The predicted octanol–water partition coefficient (Wildman–Crippen LogP) is 6.05. The van der Waals surface area contributed by atoms with Crippen molar-refractivity contribution in [3.8, 4) is 5.75 Å². The van der Waals surface area contributed by atoms with Crippen LogP contribution in [0.15, 0.2) is 77.3 Å². The fourth-order valence-corrected chi connectivity index (χ4v) is 4.71. The number of fused-ring (bicyclic) bond motifs is 1. The molecule has 5 rings (SSSR count). The van der Waals surface area contributed by atoms with Gasteiger partial charge in [0.2, 0.25) is 5.91 Å². The maximum atomic E-state index is 12.9. The monoisotopic (exact) mass is 509 g/mol. The van der Waals surface area contributed by atoms with Gasteiger partial charge in [-0.15, -0.1) is 0 Å². The Morgan fingerprint density at radius 3 is 2.69 bits per heavy atom. The molecular formula is C25H21BrClN3O2. The zero-order valence-electron chi connectivity index (χ0n) is 17.2. The zero-order valence-corrected chi connectivity index (χ0v) is 19.6. The lowest BCUT2D eigenvalue weighted by Crippen LogP contribution is -2.24. The van der Waals surface area contributed by atoms with Gasteiger partial charge in [0.1, 0.15) is 18.2 Å². The first-order valence-electron chi connectivity index (χ1n) is 10.5. The van der Waals surface area contributed by atoms with Gasteiger partial charge >= 0.3 is 0 Å². The summed E-state index contributed by atoms with van der Waals surface area (Å²) in [4.78, 5) is 19.6. The molecule has 0 radical (unpaired) electrons. The fourth-order valence-electron chi connectivity index (χ4n) is 4.20. The quantitative estimate of drug-likeness (QED) is 0.317. The number of aromatic nitrogens is 2. The number of halogens is 2. The first-order chi connectivity index (χ1) is 15.6. The number of carbonyl (C=O) groups is 1. The van der Waals surface area contributed by atoms with E-state index >= 15 is 0 Å². The lowest BCUT2D eigenvalue weighted by molar-refractivity contribution is -0.117. The third kappa shape index (κ3) is 4.25. The van der Waals surface area contributed by atoms with Crippen molar-refractivity contribution in [3.63, 3.8) is 0 Å². The van der Waals surface area contributed by atoms with Crippen LogP contribution in [0, 0.1) is 0 Å². The van der Waals surface area contributed by atoms with E-state index < -0.39 is 0 Å². The van der Waals surface area contributed by atoms with Crippen molar-refractivity contribution in [3.05, 3.63) is 88.1 Å². The van der Waals surface area contributed by atoms with Crippen LogP contribution in [0.4, 0.5) is 5.69 Å². The van der Waals surface area contributed by atoms with Gasteiger partial charge in [-0.05, 0) is 54.6 Å². The highest BCUT2D eigenvalue weighted by Crippen LogP contribution is 2.34. The highest BCUT2D eigenvalue weighted by molar-refractivity contribution is 9.10. The number of imidazole rings is 1.